The summed E-state index contributed by atoms with van der Waals surface area (Å²) in [4.78, 5) is 12.2. The van der Waals surface area contributed by atoms with Crippen molar-refractivity contribution in [1.29, 1.82) is 0 Å². The van der Waals surface area contributed by atoms with Crippen LogP contribution in [0.5, 0.6) is 0 Å². The third kappa shape index (κ3) is 3.32. The zero-order valence-electron chi connectivity index (χ0n) is 7.21. The number of hydrogen-bond donors (Lipinski definition) is 1. The second kappa shape index (κ2) is 5.19. The van der Waals surface area contributed by atoms with Crippen LogP contribution in [0.3, 0.4) is 0 Å². The monoisotopic (exact) mass is 259 g/mol. The van der Waals surface area contributed by atoms with Gasteiger partial charge in [0.05, 0.1) is 6.54 Å². The van der Waals surface area contributed by atoms with E-state index in [2.05, 4.69) is 21.2 Å². The molecule has 1 N–H and O–H groups in total. The summed E-state index contributed by atoms with van der Waals surface area (Å²) in [7, 11) is 0. The summed E-state index contributed by atoms with van der Waals surface area (Å²) in [6, 6.07) is 1.97. The van der Waals surface area contributed by atoms with E-state index in [0.29, 0.717) is 6.54 Å². The van der Waals surface area contributed by atoms with Crippen LogP contribution in [0.25, 0.3) is 0 Å². The summed E-state index contributed by atoms with van der Waals surface area (Å²) in [5.74, 6) is -0.0530. The molecule has 0 bridgehead atoms. The van der Waals surface area contributed by atoms with Crippen LogP contribution in [-0.4, -0.2) is 5.91 Å². The fraction of sp³-hybridized carbons (Fsp3) is 0.222. The van der Waals surface area contributed by atoms with E-state index in [0.717, 1.165) is 9.35 Å². The van der Waals surface area contributed by atoms with Crippen molar-refractivity contribution in [3.63, 3.8) is 0 Å². The average Bonchev–Trinajstić information content (AvgIpc) is 2.48. The molecule has 0 spiro atoms. The van der Waals surface area contributed by atoms with Crippen molar-refractivity contribution >= 4 is 33.2 Å². The zero-order chi connectivity index (χ0) is 9.68. The van der Waals surface area contributed by atoms with Crippen LogP contribution < -0.4 is 5.32 Å². The summed E-state index contributed by atoms with van der Waals surface area (Å²) in [5.41, 5.74) is 0. The topological polar surface area (TPSA) is 29.1 Å². The van der Waals surface area contributed by atoms with Crippen LogP contribution in [0.15, 0.2) is 28.1 Å². The number of allylic oxidation sites excluding steroid dienone is 1. The van der Waals surface area contributed by atoms with E-state index < -0.39 is 0 Å². The molecule has 1 rings (SSSR count). The highest BCUT2D eigenvalue weighted by molar-refractivity contribution is 9.10. The molecule has 0 aliphatic heterocycles. The molecule has 4 heteroatoms. The highest BCUT2D eigenvalue weighted by Gasteiger charge is 2.01. The Morgan fingerprint density at radius 1 is 1.77 bits per heavy atom. The fourth-order valence-corrected chi connectivity index (χ4v) is 2.26. The standard InChI is InChI=1S/C9H10BrNOS/c1-2-3-9(12)11-6-8-7(10)4-5-13-8/h2-5H,6H2,1H3,(H,11,12). The maximum absolute atomic E-state index is 11.0. The molecule has 0 radical (unpaired) electrons. The van der Waals surface area contributed by atoms with Gasteiger partial charge in [-0.1, -0.05) is 6.08 Å². The Balaban J connectivity index is 2.44. The van der Waals surface area contributed by atoms with Gasteiger partial charge in [-0.2, -0.15) is 0 Å². The SMILES string of the molecule is CC=CC(=O)NCc1sccc1Br. The molecular formula is C9H10BrNOS. The van der Waals surface area contributed by atoms with Gasteiger partial charge in [-0.05, 0) is 40.4 Å². The van der Waals surface area contributed by atoms with Gasteiger partial charge in [0.1, 0.15) is 0 Å². The van der Waals surface area contributed by atoms with Gasteiger partial charge in [-0.3, -0.25) is 4.79 Å². The molecule has 0 saturated heterocycles. The minimum absolute atomic E-state index is 0.0530. The predicted octanol–water partition coefficient (Wildman–Crippen LogP) is 2.70. The Morgan fingerprint density at radius 2 is 2.54 bits per heavy atom. The largest absolute Gasteiger partial charge is 0.348 e. The lowest BCUT2D eigenvalue weighted by molar-refractivity contribution is -0.116. The summed E-state index contributed by atoms with van der Waals surface area (Å²) in [5, 5.41) is 4.77. The summed E-state index contributed by atoms with van der Waals surface area (Å²) in [6.07, 6.45) is 3.24. The average molecular weight is 260 g/mol. The van der Waals surface area contributed by atoms with E-state index in [1.807, 2.05) is 18.4 Å². The van der Waals surface area contributed by atoms with Gasteiger partial charge in [0.25, 0.3) is 0 Å². The molecule has 13 heavy (non-hydrogen) atoms. The lowest BCUT2D eigenvalue weighted by Gasteiger charge is -1.99. The minimum atomic E-state index is -0.0530. The molecule has 0 aromatic carbocycles. The quantitative estimate of drug-likeness (QED) is 0.832. The van der Waals surface area contributed by atoms with E-state index >= 15 is 0 Å². The fourth-order valence-electron chi connectivity index (χ4n) is 0.829. The van der Waals surface area contributed by atoms with Crippen molar-refractivity contribution in [1.82, 2.24) is 5.32 Å². The Bertz CT molecular complexity index is 319. The molecule has 0 aliphatic rings. The van der Waals surface area contributed by atoms with E-state index in [9.17, 15) is 4.79 Å². The zero-order valence-corrected chi connectivity index (χ0v) is 9.61. The van der Waals surface area contributed by atoms with Crippen molar-refractivity contribution in [2.75, 3.05) is 0 Å². The molecule has 0 saturated carbocycles. The van der Waals surface area contributed by atoms with Crippen molar-refractivity contribution in [3.8, 4) is 0 Å². The second-order valence-electron chi connectivity index (χ2n) is 2.41. The van der Waals surface area contributed by atoms with E-state index in [1.54, 1.807) is 17.4 Å². The van der Waals surface area contributed by atoms with E-state index in [4.69, 9.17) is 0 Å². The molecule has 70 valence electrons. The molecular weight excluding hydrogens is 250 g/mol. The van der Waals surface area contributed by atoms with Crippen LogP contribution in [0.4, 0.5) is 0 Å². The highest BCUT2D eigenvalue weighted by atomic mass is 79.9. The lowest BCUT2D eigenvalue weighted by Crippen LogP contribution is -2.19. The van der Waals surface area contributed by atoms with Gasteiger partial charge >= 0.3 is 0 Å². The van der Waals surface area contributed by atoms with Crippen LogP contribution in [0.1, 0.15) is 11.8 Å². The third-order valence-electron chi connectivity index (χ3n) is 1.43. The predicted molar refractivity (Wildman–Crippen MR) is 58.7 cm³/mol. The molecule has 2 nitrogen and oxygen atoms in total. The highest BCUT2D eigenvalue weighted by Crippen LogP contribution is 2.21. The smallest absolute Gasteiger partial charge is 0.243 e. The Morgan fingerprint density at radius 3 is 3.08 bits per heavy atom. The second-order valence-corrected chi connectivity index (χ2v) is 4.26. The number of carbonyl (C=O) groups excluding carboxylic acids is 1. The van der Waals surface area contributed by atoms with Crippen LogP contribution in [0.2, 0.25) is 0 Å². The van der Waals surface area contributed by atoms with Crippen molar-refractivity contribution < 1.29 is 4.79 Å². The molecule has 0 fully saturated rings. The van der Waals surface area contributed by atoms with E-state index in [-0.39, 0.29) is 5.91 Å². The first-order valence-corrected chi connectivity index (χ1v) is 5.53. The van der Waals surface area contributed by atoms with Crippen molar-refractivity contribution in [3.05, 3.63) is 32.9 Å². The van der Waals surface area contributed by atoms with Crippen molar-refractivity contribution in [2.45, 2.75) is 13.5 Å². The lowest BCUT2D eigenvalue weighted by atomic mass is 10.4. The maximum Gasteiger partial charge on any atom is 0.243 e. The van der Waals surface area contributed by atoms with Gasteiger partial charge in [-0.15, -0.1) is 11.3 Å². The van der Waals surface area contributed by atoms with Gasteiger partial charge in [0.15, 0.2) is 0 Å². The normalized spacial score (nSPS) is 10.6. The van der Waals surface area contributed by atoms with Gasteiger partial charge in [0, 0.05) is 9.35 Å². The van der Waals surface area contributed by atoms with Gasteiger partial charge in [0.2, 0.25) is 5.91 Å². The Labute approximate surface area is 89.8 Å². The first-order valence-electron chi connectivity index (χ1n) is 3.86. The van der Waals surface area contributed by atoms with Gasteiger partial charge < -0.3 is 5.32 Å². The summed E-state index contributed by atoms with van der Waals surface area (Å²) in [6.45, 7) is 2.40. The summed E-state index contributed by atoms with van der Waals surface area (Å²) >= 11 is 5.02. The Hall–Kier alpha value is -0.610. The molecule has 0 atom stereocenters. The first-order chi connectivity index (χ1) is 6.24. The number of halogens is 1. The number of thiophene rings is 1. The number of amides is 1. The minimum Gasteiger partial charge on any atom is -0.348 e. The number of hydrogen-bond acceptors (Lipinski definition) is 2. The number of nitrogens with one attached hydrogen (secondary N) is 1. The van der Waals surface area contributed by atoms with Crippen LogP contribution in [-0.2, 0) is 11.3 Å². The molecule has 0 aliphatic carbocycles. The van der Waals surface area contributed by atoms with Gasteiger partial charge in [-0.25, -0.2) is 0 Å². The Kier molecular flexibility index (Phi) is 4.18. The molecule has 1 amide bonds. The van der Waals surface area contributed by atoms with E-state index in [1.165, 1.54) is 6.08 Å². The molecule has 1 aromatic rings. The molecule has 1 aromatic heterocycles. The summed E-state index contributed by atoms with van der Waals surface area (Å²) < 4.78 is 1.05. The molecule has 0 unspecified atom stereocenters. The van der Waals surface area contributed by atoms with Crippen LogP contribution in [0, 0.1) is 0 Å². The number of rotatable bonds is 3. The maximum atomic E-state index is 11.0. The van der Waals surface area contributed by atoms with Crippen molar-refractivity contribution in [2.24, 2.45) is 0 Å². The van der Waals surface area contributed by atoms with Crippen LogP contribution >= 0.6 is 27.3 Å². The number of carbonyl (C=O) groups is 1. The first kappa shape index (κ1) is 10.5. The molecule has 1 heterocycles. The third-order valence-corrected chi connectivity index (χ3v) is 3.36.